The number of aromatic nitrogens is 1. The molecule has 0 atom stereocenters. The fourth-order valence-corrected chi connectivity index (χ4v) is 3.56. The van der Waals surface area contributed by atoms with Gasteiger partial charge in [0, 0.05) is 12.7 Å². The highest BCUT2D eigenvalue weighted by Gasteiger charge is 2.15. The molecule has 0 aliphatic carbocycles. The zero-order chi connectivity index (χ0) is 19.1. The molecule has 3 aromatic rings. The Labute approximate surface area is 164 Å². The molecule has 0 saturated heterocycles. The summed E-state index contributed by atoms with van der Waals surface area (Å²) in [5.74, 6) is 0. The molecular weight excluding hydrogens is 384 g/mol. The Morgan fingerprint density at radius 3 is 2.30 bits per heavy atom. The molecule has 0 aliphatic rings. The quantitative estimate of drug-likeness (QED) is 0.579. The van der Waals surface area contributed by atoms with Gasteiger partial charge >= 0.3 is 0 Å². The topological polar surface area (TPSA) is 68.3 Å². The van der Waals surface area contributed by atoms with Crippen LogP contribution in [0, 0.1) is 0 Å². The smallest absolute Gasteiger partial charge is 0.242 e. The number of hydrogen-bond acceptors (Lipinski definition) is 4. The summed E-state index contributed by atoms with van der Waals surface area (Å²) in [5, 5.41) is 0.245. The number of sulfonamides is 1. The number of ether oxygens (including phenoxy) is 1. The summed E-state index contributed by atoms with van der Waals surface area (Å²) in [4.78, 5) is 3.89. The first-order valence-electron chi connectivity index (χ1n) is 8.34. The average Bonchev–Trinajstić information content (AvgIpc) is 2.68. The van der Waals surface area contributed by atoms with Crippen LogP contribution in [0.2, 0.25) is 5.15 Å². The number of halogens is 1. The average molecular weight is 403 g/mol. The van der Waals surface area contributed by atoms with Crippen molar-refractivity contribution < 1.29 is 13.2 Å². The van der Waals surface area contributed by atoms with Gasteiger partial charge in [0.2, 0.25) is 10.0 Å². The van der Waals surface area contributed by atoms with Crippen LogP contribution in [0.5, 0.6) is 0 Å². The van der Waals surface area contributed by atoms with Crippen molar-refractivity contribution in [3.05, 3.63) is 94.8 Å². The maximum atomic E-state index is 12.4. The van der Waals surface area contributed by atoms with Crippen LogP contribution in [0.15, 0.2) is 77.8 Å². The molecule has 0 radical (unpaired) electrons. The molecule has 1 N–H and O–H groups in total. The van der Waals surface area contributed by atoms with Crippen LogP contribution in [-0.2, 0) is 34.5 Å². The SMILES string of the molecule is O=S(=O)(NCc1ccccc1COCc1ccccc1)c1ccc(Cl)nc1. The van der Waals surface area contributed by atoms with Crippen molar-refractivity contribution in [1.82, 2.24) is 9.71 Å². The summed E-state index contributed by atoms with van der Waals surface area (Å²) < 4.78 is 33.2. The van der Waals surface area contributed by atoms with Crippen LogP contribution in [-0.4, -0.2) is 13.4 Å². The van der Waals surface area contributed by atoms with Crippen LogP contribution in [0.25, 0.3) is 0 Å². The molecular formula is C20H19ClN2O3S. The molecule has 27 heavy (non-hydrogen) atoms. The van der Waals surface area contributed by atoms with E-state index >= 15 is 0 Å². The minimum absolute atomic E-state index is 0.0738. The largest absolute Gasteiger partial charge is 0.372 e. The van der Waals surface area contributed by atoms with Gasteiger partial charge in [0.05, 0.1) is 13.2 Å². The molecule has 140 valence electrons. The molecule has 0 unspecified atom stereocenters. The monoisotopic (exact) mass is 402 g/mol. The van der Waals surface area contributed by atoms with Crippen LogP contribution in [0.1, 0.15) is 16.7 Å². The number of pyridine rings is 1. The van der Waals surface area contributed by atoms with E-state index in [1.807, 2.05) is 54.6 Å². The normalized spacial score (nSPS) is 11.4. The van der Waals surface area contributed by atoms with Gasteiger partial charge in [-0.2, -0.15) is 0 Å². The molecule has 0 bridgehead atoms. The molecule has 3 rings (SSSR count). The highest BCUT2D eigenvalue weighted by Crippen LogP contribution is 2.15. The lowest BCUT2D eigenvalue weighted by Crippen LogP contribution is -2.24. The van der Waals surface area contributed by atoms with Gasteiger partial charge < -0.3 is 4.74 Å². The molecule has 0 amide bonds. The van der Waals surface area contributed by atoms with Gasteiger partial charge in [0.15, 0.2) is 0 Å². The molecule has 0 saturated carbocycles. The van der Waals surface area contributed by atoms with Crippen molar-refractivity contribution in [2.75, 3.05) is 0 Å². The van der Waals surface area contributed by atoms with E-state index in [9.17, 15) is 8.42 Å². The first-order valence-corrected chi connectivity index (χ1v) is 10.2. The van der Waals surface area contributed by atoms with E-state index in [1.165, 1.54) is 18.3 Å². The number of nitrogens with zero attached hydrogens (tertiary/aromatic N) is 1. The van der Waals surface area contributed by atoms with Gasteiger partial charge in [0.25, 0.3) is 0 Å². The summed E-state index contributed by atoms with van der Waals surface area (Å²) in [6, 6.07) is 20.3. The molecule has 1 heterocycles. The number of rotatable bonds is 8. The predicted molar refractivity (Wildman–Crippen MR) is 105 cm³/mol. The molecule has 0 spiro atoms. The molecule has 5 nitrogen and oxygen atoms in total. The van der Waals surface area contributed by atoms with Gasteiger partial charge in [-0.25, -0.2) is 18.1 Å². The summed E-state index contributed by atoms with van der Waals surface area (Å²) in [6.07, 6.45) is 1.24. The van der Waals surface area contributed by atoms with Crippen molar-refractivity contribution in [2.24, 2.45) is 0 Å². The minimum atomic E-state index is -3.67. The highest BCUT2D eigenvalue weighted by atomic mass is 35.5. The first kappa shape index (κ1) is 19.5. The van der Waals surface area contributed by atoms with E-state index in [2.05, 4.69) is 9.71 Å². The number of benzene rings is 2. The third-order valence-electron chi connectivity index (χ3n) is 3.95. The Balaban J connectivity index is 1.62. The van der Waals surface area contributed by atoms with E-state index in [0.29, 0.717) is 13.2 Å². The lowest BCUT2D eigenvalue weighted by molar-refractivity contribution is 0.106. The highest BCUT2D eigenvalue weighted by molar-refractivity contribution is 7.89. The fraction of sp³-hybridized carbons (Fsp3) is 0.150. The fourth-order valence-electron chi connectivity index (χ4n) is 2.50. The maximum absolute atomic E-state index is 12.4. The van der Waals surface area contributed by atoms with Gasteiger partial charge in [0.1, 0.15) is 10.0 Å². The summed E-state index contributed by atoms with van der Waals surface area (Å²) in [7, 11) is -3.67. The van der Waals surface area contributed by atoms with Crippen molar-refractivity contribution in [2.45, 2.75) is 24.7 Å². The Morgan fingerprint density at radius 1 is 0.889 bits per heavy atom. The van der Waals surface area contributed by atoms with E-state index in [1.54, 1.807) is 0 Å². The van der Waals surface area contributed by atoms with E-state index in [0.717, 1.165) is 16.7 Å². The third-order valence-corrected chi connectivity index (χ3v) is 5.56. The predicted octanol–water partition coefficient (Wildman–Crippen LogP) is 3.93. The number of hydrogen-bond donors (Lipinski definition) is 1. The zero-order valence-corrected chi connectivity index (χ0v) is 16.1. The van der Waals surface area contributed by atoms with E-state index < -0.39 is 10.0 Å². The van der Waals surface area contributed by atoms with Crippen molar-refractivity contribution in [1.29, 1.82) is 0 Å². The summed E-state index contributed by atoms with van der Waals surface area (Å²) in [5.41, 5.74) is 2.88. The van der Waals surface area contributed by atoms with E-state index in [4.69, 9.17) is 16.3 Å². The lowest BCUT2D eigenvalue weighted by Gasteiger charge is -2.12. The van der Waals surface area contributed by atoms with Crippen molar-refractivity contribution >= 4 is 21.6 Å². The zero-order valence-electron chi connectivity index (χ0n) is 14.5. The molecule has 1 aromatic heterocycles. The minimum Gasteiger partial charge on any atom is -0.372 e. The van der Waals surface area contributed by atoms with Gasteiger partial charge in [-0.15, -0.1) is 0 Å². The summed E-state index contributed by atoms with van der Waals surface area (Å²) in [6.45, 7) is 1.06. The van der Waals surface area contributed by atoms with E-state index in [-0.39, 0.29) is 16.6 Å². The van der Waals surface area contributed by atoms with Crippen molar-refractivity contribution in [3.63, 3.8) is 0 Å². The second kappa shape index (κ2) is 9.10. The Morgan fingerprint density at radius 2 is 1.59 bits per heavy atom. The van der Waals surface area contributed by atoms with Crippen LogP contribution >= 0.6 is 11.6 Å². The maximum Gasteiger partial charge on any atom is 0.242 e. The third kappa shape index (κ3) is 5.61. The standard InChI is InChI=1S/C20H19ClN2O3S/c21-20-11-10-19(13-22-20)27(24,25)23-12-17-8-4-5-9-18(17)15-26-14-16-6-2-1-3-7-16/h1-11,13,23H,12,14-15H2. The lowest BCUT2D eigenvalue weighted by atomic mass is 10.1. The van der Waals surface area contributed by atoms with Crippen LogP contribution in [0.4, 0.5) is 0 Å². The van der Waals surface area contributed by atoms with Crippen molar-refractivity contribution in [3.8, 4) is 0 Å². The molecule has 0 fully saturated rings. The Kier molecular flexibility index (Phi) is 6.58. The van der Waals surface area contributed by atoms with Gasteiger partial charge in [-0.3, -0.25) is 0 Å². The molecule has 0 aliphatic heterocycles. The Bertz CT molecular complexity index is 978. The van der Waals surface area contributed by atoms with Gasteiger partial charge in [-0.1, -0.05) is 66.2 Å². The van der Waals surface area contributed by atoms with Gasteiger partial charge in [-0.05, 0) is 28.8 Å². The number of nitrogens with one attached hydrogen (secondary N) is 1. The molecule has 2 aromatic carbocycles. The molecule has 7 heteroatoms. The first-order chi connectivity index (χ1) is 13.0. The Hall–Kier alpha value is -2.25. The van der Waals surface area contributed by atoms with Crippen LogP contribution in [0.3, 0.4) is 0 Å². The second-order valence-electron chi connectivity index (χ2n) is 5.89. The van der Waals surface area contributed by atoms with Crippen LogP contribution < -0.4 is 4.72 Å². The summed E-state index contributed by atoms with van der Waals surface area (Å²) >= 11 is 5.71. The second-order valence-corrected chi connectivity index (χ2v) is 8.04.